The first kappa shape index (κ1) is 13.2. The maximum atomic E-state index is 13.4. The number of halogens is 3. The first-order valence-corrected chi connectivity index (χ1v) is 6.12. The molecule has 0 aliphatic heterocycles. The van der Waals surface area contributed by atoms with Crippen LogP contribution in [0, 0.1) is 17.5 Å². The van der Waals surface area contributed by atoms with Crippen molar-refractivity contribution < 1.29 is 13.2 Å². The van der Waals surface area contributed by atoms with Gasteiger partial charge >= 0.3 is 0 Å². The van der Waals surface area contributed by atoms with Crippen LogP contribution in [0.5, 0.6) is 0 Å². The summed E-state index contributed by atoms with van der Waals surface area (Å²) in [6, 6.07) is 10.8. The van der Waals surface area contributed by atoms with Gasteiger partial charge in [0.2, 0.25) is 0 Å². The number of nitrogens with one attached hydrogen (secondary N) is 1. The highest BCUT2D eigenvalue weighted by Crippen LogP contribution is 2.35. The van der Waals surface area contributed by atoms with Gasteiger partial charge in [0.1, 0.15) is 0 Å². The molecule has 106 valence electrons. The lowest BCUT2D eigenvalue weighted by molar-refractivity contribution is 0.447. The van der Waals surface area contributed by atoms with Crippen LogP contribution < -0.4 is 5.73 Å². The van der Waals surface area contributed by atoms with Crippen molar-refractivity contribution in [3.63, 3.8) is 0 Å². The van der Waals surface area contributed by atoms with Gasteiger partial charge in [-0.25, -0.2) is 13.2 Å². The number of hydrogen-bond donors (Lipinski definition) is 2. The van der Waals surface area contributed by atoms with Crippen molar-refractivity contribution in [2.45, 2.75) is 0 Å². The summed E-state index contributed by atoms with van der Waals surface area (Å²) < 4.78 is 39.8. The van der Waals surface area contributed by atoms with Gasteiger partial charge in [-0.1, -0.05) is 30.3 Å². The molecule has 0 spiro atoms. The van der Waals surface area contributed by atoms with Crippen molar-refractivity contribution in [2.24, 2.45) is 0 Å². The average Bonchev–Trinajstić information content (AvgIpc) is 2.87. The van der Waals surface area contributed by atoms with Crippen molar-refractivity contribution in [3.05, 3.63) is 59.9 Å². The maximum Gasteiger partial charge on any atom is 0.194 e. The first-order valence-electron chi connectivity index (χ1n) is 6.12. The number of benzene rings is 2. The minimum atomic E-state index is -1.51. The Morgan fingerprint density at radius 2 is 1.52 bits per heavy atom. The molecule has 3 rings (SSSR count). The highest BCUT2D eigenvalue weighted by molar-refractivity contribution is 5.87. The van der Waals surface area contributed by atoms with Crippen LogP contribution in [0.3, 0.4) is 0 Å². The Morgan fingerprint density at radius 1 is 0.905 bits per heavy atom. The van der Waals surface area contributed by atoms with E-state index in [0.29, 0.717) is 11.3 Å². The summed E-state index contributed by atoms with van der Waals surface area (Å²) >= 11 is 0. The molecule has 3 nitrogen and oxygen atoms in total. The zero-order valence-corrected chi connectivity index (χ0v) is 10.7. The standard InChI is InChI=1S/C15H10F3N3/c16-10-6-9(7-11(17)13(10)18)14-12(15(19)21-20-14)8-4-2-1-3-5-8/h1-7H,(H3,19,20,21). The molecule has 6 heteroatoms. The molecule has 0 aliphatic rings. The second-order valence-electron chi connectivity index (χ2n) is 4.48. The molecule has 0 fully saturated rings. The topological polar surface area (TPSA) is 54.7 Å². The van der Waals surface area contributed by atoms with E-state index >= 15 is 0 Å². The molecule has 3 N–H and O–H groups in total. The lowest BCUT2D eigenvalue weighted by Gasteiger charge is -2.06. The van der Waals surface area contributed by atoms with Gasteiger partial charge in [0, 0.05) is 5.56 Å². The number of rotatable bonds is 2. The Balaban J connectivity index is 2.21. The van der Waals surface area contributed by atoms with Crippen molar-refractivity contribution in [1.29, 1.82) is 0 Å². The Kier molecular flexibility index (Phi) is 3.13. The Morgan fingerprint density at radius 3 is 2.14 bits per heavy atom. The van der Waals surface area contributed by atoms with Gasteiger partial charge in [0.15, 0.2) is 23.3 Å². The van der Waals surface area contributed by atoms with Gasteiger partial charge in [-0.3, -0.25) is 5.10 Å². The van der Waals surface area contributed by atoms with Crippen LogP contribution in [0.2, 0.25) is 0 Å². The second-order valence-corrected chi connectivity index (χ2v) is 4.48. The fraction of sp³-hybridized carbons (Fsp3) is 0. The zero-order chi connectivity index (χ0) is 15.0. The quantitative estimate of drug-likeness (QED) is 0.706. The van der Waals surface area contributed by atoms with Crippen LogP contribution >= 0.6 is 0 Å². The monoisotopic (exact) mass is 289 g/mol. The van der Waals surface area contributed by atoms with Gasteiger partial charge in [0.25, 0.3) is 0 Å². The summed E-state index contributed by atoms with van der Waals surface area (Å²) in [4.78, 5) is 0. The molecule has 3 aromatic rings. The molecule has 1 aromatic heterocycles. The molecule has 0 bridgehead atoms. The van der Waals surface area contributed by atoms with E-state index in [2.05, 4.69) is 10.2 Å². The maximum absolute atomic E-state index is 13.4. The van der Waals surface area contributed by atoms with E-state index in [1.165, 1.54) is 0 Å². The van der Waals surface area contributed by atoms with E-state index in [1.54, 1.807) is 24.3 Å². The van der Waals surface area contributed by atoms with Crippen LogP contribution in [-0.4, -0.2) is 10.2 Å². The molecule has 0 radical (unpaired) electrons. The molecular formula is C15H10F3N3. The van der Waals surface area contributed by atoms with E-state index in [-0.39, 0.29) is 11.4 Å². The first-order chi connectivity index (χ1) is 10.1. The number of aromatic amines is 1. The lowest BCUT2D eigenvalue weighted by Crippen LogP contribution is -1.93. The van der Waals surface area contributed by atoms with E-state index in [0.717, 1.165) is 17.7 Å². The van der Waals surface area contributed by atoms with Crippen molar-refractivity contribution in [3.8, 4) is 22.4 Å². The molecule has 0 atom stereocenters. The van der Waals surface area contributed by atoms with E-state index < -0.39 is 17.5 Å². The number of H-pyrrole nitrogens is 1. The molecule has 2 aromatic carbocycles. The molecule has 0 amide bonds. The number of nitrogen functional groups attached to an aromatic ring is 1. The van der Waals surface area contributed by atoms with Crippen molar-refractivity contribution in [1.82, 2.24) is 10.2 Å². The van der Waals surface area contributed by atoms with Gasteiger partial charge in [-0.05, 0) is 17.7 Å². The van der Waals surface area contributed by atoms with Gasteiger partial charge < -0.3 is 5.73 Å². The summed E-state index contributed by atoms with van der Waals surface area (Å²) in [5, 5.41) is 6.50. The Hall–Kier alpha value is -2.76. The normalized spacial score (nSPS) is 10.8. The molecule has 0 saturated heterocycles. The largest absolute Gasteiger partial charge is 0.382 e. The number of hydrogen-bond acceptors (Lipinski definition) is 2. The number of anilines is 1. The Bertz CT molecular complexity index is 774. The summed E-state index contributed by atoms with van der Waals surface area (Å²) in [5.74, 6) is -3.84. The van der Waals surface area contributed by atoms with Gasteiger partial charge in [0.05, 0.1) is 11.3 Å². The van der Waals surface area contributed by atoms with E-state index in [1.807, 2.05) is 6.07 Å². The molecule has 0 saturated carbocycles. The average molecular weight is 289 g/mol. The lowest BCUT2D eigenvalue weighted by atomic mass is 10.0. The molecule has 0 aliphatic carbocycles. The van der Waals surface area contributed by atoms with Crippen LogP contribution in [-0.2, 0) is 0 Å². The predicted molar refractivity (Wildman–Crippen MR) is 73.7 cm³/mol. The second kappa shape index (κ2) is 4.97. The summed E-state index contributed by atoms with van der Waals surface area (Å²) in [6.07, 6.45) is 0. The minimum Gasteiger partial charge on any atom is -0.382 e. The van der Waals surface area contributed by atoms with Crippen LogP contribution in [0.15, 0.2) is 42.5 Å². The third-order valence-corrected chi connectivity index (χ3v) is 3.13. The third-order valence-electron chi connectivity index (χ3n) is 3.13. The number of aromatic nitrogens is 2. The smallest absolute Gasteiger partial charge is 0.194 e. The summed E-state index contributed by atoms with van der Waals surface area (Å²) in [7, 11) is 0. The third kappa shape index (κ3) is 2.24. The predicted octanol–water partition coefficient (Wildman–Crippen LogP) is 3.74. The molecular weight excluding hydrogens is 279 g/mol. The SMILES string of the molecule is Nc1n[nH]c(-c2cc(F)c(F)c(F)c2)c1-c1ccccc1. The fourth-order valence-electron chi connectivity index (χ4n) is 2.16. The fourth-order valence-corrected chi connectivity index (χ4v) is 2.16. The molecule has 1 heterocycles. The summed E-state index contributed by atoms with van der Waals surface area (Å²) in [5.41, 5.74) is 7.53. The van der Waals surface area contributed by atoms with Crippen molar-refractivity contribution in [2.75, 3.05) is 5.73 Å². The van der Waals surface area contributed by atoms with Gasteiger partial charge in [-0.15, -0.1) is 0 Å². The summed E-state index contributed by atoms with van der Waals surface area (Å²) in [6.45, 7) is 0. The highest BCUT2D eigenvalue weighted by atomic mass is 19.2. The van der Waals surface area contributed by atoms with Crippen molar-refractivity contribution >= 4 is 5.82 Å². The zero-order valence-electron chi connectivity index (χ0n) is 10.7. The van der Waals surface area contributed by atoms with Gasteiger partial charge in [-0.2, -0.15) is 5.10 Å². The van der Waals surface area contributed by atoms with Crippen LogP contribution in [0.25, 0.3) is 22.4 Å². The minimum absolute atomic E-state index is 0.134. The Labute approximate surface area is 118 Å². The molecule has 21 heavy (non-hydrogen) atoms. The van der Waals surface area contributed by atoms with Crippen LogP contribution in [0.4, 0.5) is 19.0 Å². The van der Waals surface area contributed by atoms with E-state index in [4.69, 9.17) is 5.73 Å². The molecule has 0 unspecified atom stereocenters. The van der Waals surface area contributed by atoms with Crippen LogP contribution in [0.1, 0.15) is 0 Å². The number of nitrogens with two attached hydrogens (primary N) is 1. The highest BCUT2D eigenvalue weighted by Gasteiger charge is 2.18. The van der Waals surface area contributed by atoms with E-state index in [9.17, 15) is 13.2 Å². The number of nitrogens with zero attached hydrogens (tertiary/aromatic N) is 1.